The first-order valence-electron chi connectivity index (χ1n) is 14.2. The number of anilines is 2. The van der Waals surface area contributed by atoms with E-state index < -0.39 is 0 Å². The number of hydrogen-bond acceptors (Lipinski definition) is 7. The topological polar surface area (TPSA) is 62.8 Å². The van der Waals surface area contributed by atoms with Gasteiger partial charge in [0.2, 0.25) is 0 Å². The molecule has 0 amide bonds. The van der Waals surface area contributed by atoms with Crippen molar-refractivity contribution in [1.82, 2.24) is 14.9 Å². The van der Waals surface area contributed by atoms with Gasteiger partial charge in [-0.3, -0.25) is 9.97 Å². The molecule has 0 spiro atoms. The van der Waals surface area contributed by atoms with E-state index in [0.717, 1.165) is 80.6 Å². The van der Waals surface area contributed by atoms with Crippen LogP contribution in [0.15, 0.2) is 30.6 Å². The van der Waals surface area contributed by atoms with Gasteiger partial charge in [-0.25, -0.2) is 4.39 Å². The molecule has 1 N–H and O–H groups in total. The molecular weight excluding hydrogens is 481 g/mol. The number of ether oxygens (including phenoxy) is 2. The Hall–Kier alpha value is -3.13. The highest BCUT2D eigenvalue weighted by atomic mass is 19.1. The van der Waals surface area contributed by atoms with Crippen LogP contribution in [0.4, 0.5) is 15.8 Å². The van der Waals surface area contributed by atoms with Gasteiger partial charge in [-0.15, -0.1) is 0 Å². The number of rotatable bonds is 9. The van der Waals surface area contributed by atoms with Crippen molar-refractivity contribution in [2.24, 2.45) is 0 Å². The lowest BCUT2D eigenvalue weighted by Gasteiger charge is -2.35. The molecule has 8 heteroatoms. The molecule has 1 aromatic carbocycles. The lowest BCUT2D eigenvalue weighted by Crippen LogP contribution is -2.39. The van der Waals surface area contributed by atoms with Crippen molar-refractivity contribution < 1.29 is 13.9 Å². The summed E-state index contributed by atoms with van der Waals surface area (Å²) in [6.45, 7) is 5.80. The minimum absolute atomic E-state index is 0.252. The second kappa shape index (κ2) is 11.3. The average Bonchev–Trinajstić information content (AvgIpc) is 3.64. The molecule has 2 aromatic heterocycles. The maximum absolute atomic E-state index is 14.3. The van der Waals surface area contributed by atoms with E-state index in [1.165, 1.54) is 49.1 Å². The van der Waals surface area contributed by atoms with E-state index in [1.54, 1.807) is 19.4 Å². The molecule has 202 valence electrons. The van der Waals surface area contributed by atoms with Gasteiger partial charge in [0.25, 0.3) is 0 Å². The van der Waals surface area contributed by atoms with Crippen LogP contribution in [0.25, 0.3) is 10.9 Å². The molecule has 0 saturated carbocycles. The molecule has 7 nitrogen and oxygen atoms in total. The molecule has 0 radical (unpaired) electrons. The van der Waals surface area contributed by atoms with Crippen molar-refractivity contribution in [2.75, 3.05) is 56.7 Å². The second-order valence-electron chi connectivity index (χ2n) is 10.8. The molecule has 2 fully saturated rings. The Labute approximate surface area is 224 Å². The molecule has 1 aliphatic carbocycles. The lowest BCUT2D eigenvalue weighted by molar-refractivity contribution is 0.254. The summed E-state index contributed by atoms with van der Waals surface area (Å²) in [5, 5.41) is 4.98. The number of nitrogens with one attached hydrogen (secondary N) is 1. The number of methoxy groups -OCH3 is 1. The predicted molar refractivity (Wildman–Crippen MR) is 149 cm³/mol. The quantitative estimate of drug-likeness (QED) is 0.389. The van der Waals surface area contributed by atoms with Gasteiger partial charge in [0.05, 0.1) is 31.1 Å². The zero-order chi connectivity index (χ0) is 25.9. The summed E-state index contributed by atoms with van der Waals surface area (Å²) >= 11 is 0. The van der Waals surface area contributed by atoms with Gasteiger partial charge in [0.1, 0.15) is 0 Å². The number of aromatic nitrogens is 2. The SMILES string of the molecule is COc1cc2c(NC3CCN(c4ccncc4F)CC3)c3c(nc2cc1OCCCN1CCCC1)CCC3. The Balaban J connectivity index is 1.19. The van der Waals surface area contributed by atoms with E-state index in [4.69, 9.17) is 14.5 Å². The summed E-state index contributed by atoms with van der Waals surface area (Å²) in [4.78, 5) is 13.6. The van der Waals surface area contributed by atoms with Gasteiger partial charge in [-0.1, -0.05) is 0 Å². The van der Waals surface area contributed by atoms with Crippen LogP contribution in [0.2, 0.25) is 0 Å². The van der Waals surface area contributed by atoms with Crippen LogP contribution in [0.3, 0.4) is 0 Å². The molecular formula is C30H38FN5O2. The second-order valence-corrected chi connectivity index (χ2v) is 10.8. The number of likely N-dealkylation sites (tertiary alicyclic amines) is 1. The van der Waals surface area contributed by atoms with Crippen LogP contribution in [0, 0.1) is 5.82 Å². The molecule has 0 unspecified atom stereocenters. The number of nitrogens with zero attached hydrogens (tertiary/aromatic N) is 4. The third-order valence-electron chi connectivity index (χ3n) is 8.31. The fourth-order valence-electron chi connectivity index (χ4n) is 6.28. The monoisotopic (exact) mass is 519 g/mol. The fraction of sp³-hybridized carbons (Fsp3) is 0.533. The molecule has 0 bridgehead atoms. The third-order valence-corrected chi connectivity index (χ3v) is 8.31. The standard InChI is InChI=1S/C30H38FN5O2/c1-37-28-18-23-26(19-29(28)38-17-5-14-35-12-2-3-13-35)34-25-7-4-6-22(25)30(23)33-21-9-15-36(16-10-21)27-8-11-32-20-24(27)31/h8,11,18-21H,2-7,9-10,12-17H2,1H3,(H,33,34). The highest BCUT2D eigenvalue weighted by molar-refractivity contribution is 5.96. The zero-order valence-corrected chi connectivity index (χ0v) is 22.3. The number of pyridine rings is 2. The summed E-state index contributed by atoms with van der Waals surface area (Å²) in [5.74, 6) is 1.27. The van der Waals surface area contributed by atoms with Crippen LogP contribution >= 0.6 is 0 Å². The molecule has 2 saturated heterocycles. The van der Waals surface area contributed by atoms with Crippen LogP contribution in [-0.2, 0) is 12.8 Å². The van der Waals surface area contributed by atoms with E-state index in [0.29, 0.717) is 18.3 Å². The lowest BCUT2D eigenvalue weighted by atomic mass is 10.0. The number of hydrogen-bond donors (Lipinski definition) is 1. The van der Waals surface area contributed by atoms with Gasteiger partial charge in [0.15, 0.2) is 17.3 Å². The number of aryl methyl sites for hydroxylation is 1. The minimum Gasteiger partial charge on any atom is -0.493 e. The van der Waals surface area contributed by atoms with E-state index in [2.05, 4.69) is 32.2 Å². The zero-order valence-electron chi connectivity index (χ0n) is 22.3. The Bertz CT molecular complexity index is 1270. The Morgan fingerprint density at radius 3 is 2.68 bits per heavy atom. The first-order valence-corrected chi connectivity index (χ1v) is 14.2. The van der Waals surface area contributed by atoms with Crippen molar-refractivity contribution in [2.45, 2.75) is 57.4 Å². The smallest absolute Gasteiger partial charge is 0.164 e. The summed E-state index contributed by atoms with van der Waals surface area (Å²) < 4.78 is 26.3. The molecule has 3 aliphatic rings. The largest absolute Gasteiger partial charge is 0.493 e. The van der Waals surface area contributed by atoms with Crippen molar-refractivity contribution in [3.05, 3.63) is 47.7 Å². The molecule has 38 heavy (non-hydrogen) atoms. The Morgan fingerprint density at radius 1 is 1.05 bits per heavy atom. The highest BCUT2D eigenvalue weighted by Gasteiger charge is 2.26. The third kappa shape index (κ3) is 5.23. The normalized spacial score (nSPS) is 18.2. The van der Waals surface area contributed by atoms with Crippen LogP contribution in [0.5, 0.6) is 11.5 Å². The number of benzene rings is 1. The fourth-order valence-corrected chi connectivity index (χ4v) is 6.28. The summed E-state index contributed by atoms with van der Waals surface area (Å²) in [5.41, 5.74) is 5.32. The van der Waals surface area contributed by atoms with Crippen LogP contribution in [-0.4, -0.2) is 67.4 Å². The highest BCUT2D eigenvalue weighted by Crippen LogP contribution is 2.40. The maximum Gasteiger partial charge on any atom is 0.164 e. The first-order chi connectivity index (χ1) is 18.7. The molecule has 0 atom stereocenters. The van der Waals surface area contributed by atoms with Crippen LogP contribution in [0.1, 0.15) is 49.8 Å². The number of piperidine rings is 1. The van der Waals surface area contributed by atoms with Gasteiger partial charge < -0.3 is 24.6 Å². The minimum atomic E-state index is -0.252. The van der Waals surface area contributed by atoms with Crippen molar-refractivity contribution in [3.8, 4) is 11.5 Å². The van der Waals surface area contributed by atoms with Crippen molar-refractivity contribution >= 4 is 22.3 Å². The van der Waals surface area contributed by atoms with Crippen molar-refractivity contribution in [3.63, 3.8) is 0 Å². The van der Waals surface area contributed by atoms with E-state index in [-0.39, 0.29) is 5.82 Å². The predicted octanol–water partition coefficient (Wildman–Crippen LogP) is 5.21. The maximum atomic E-state index is 14.3. The van der Waals surface area contributed by atoms with Gasteiger partial charge >= 0.3 is 0 Å². The van der Waals surface area contributed by atoms with Gasteiger partial charge in [-0.2, -0.15) is 0 Å². The summed E-state index contributed by atoms with van der Waals surface area (Å²) in [6, 6.07) is 6.24. The number of halogens is 1. The molecule has 6 rings (SSSR count). The van der Waals surface area contributed by atoms with Crippen molar-refractivity contribution in [1.29, 1.82) is 0 Å². The molecule has 2 aliphatic heterocycles. The van der Waals surface area contributed by atoms with Gasteiger partial charge in [0, 0.05) is 54.7 Å². The van der Waals surface area contributed by atoms with E-state index >= 15 is 0 Å². The number of fused-ring (bicyclic) bond motifs is 2. The molecule has 3 aromatic rings. The Kier molecular flexibility index (Phi) is 7.49. The van der Waals surface area contributed by atoms with Crippen LogP contribution < -0.4 is 19.7 Å². The molecule has 4 heterocycles. The summed E-state index contributed by atoms with van der Waals surface area (Å²) in [6.07, 6.45) is 11.7. The van der Waals surface area contributed by atoms with Gasteiger partial charge in [-0.05, 0) is 82.2 Å². The average molecular weight is 520 g/mol. The van der Waals surface area contributed by atoms with E-state index in [9.17, 15) is 4.39 Å². The Morgan fingerprint density at radius 2 is 1.89 bits per heavy atom. The summed E-state index contributed by atoms with van der Waals surface area (Å²) in [7, 11) is 1.71. The first kappa shape index (κ1) is 25.2. The van der Waals surface area contributed by atoms with E-state index in [1.807, 2.05) is 0 Å².